The summed E-state index contributed by atoms with van der Waals surface area (Å²) in [4.78, 5) is 0. The molecule has 16 heavy (non-hydrogen) atoms. The van der Waals surface area contributed by atoms with E-state index in [1.807, 2.05) is 20.8 Å². The molecule has 1 rings (SSSR count). The first kappa shape index (κ1) is 13.9. The van der Waals surface area contributed by atoms with E-state index in [-0.39, 0.29) is 12.2 Å². The zero-order valence-electron chi connectivity index (χ0n) is 10.2. The van der Waals surface area contributed by atoms with E-state index in [0.717, 1.165) is 0 Å². The third kappa shape index (κ3) is 3.40. The van der Waals surface area contributed by atoms with Crippen LogP contribution in [0.5, 0.6) is 0 Å². The van der Waals surface area contributed by atoms with Crippen molar-refractivity contribution in [3.63, 3.8) is 0 Å². The van der Waals surface area contributed by atoms with Crippen LogP contribution < -0.4 is 0 Å². The molecule has 1 heterocycles. The van der Waals surface area contributed by atoms with Crippen molar-refractivity contribution in [1.82, 2.24) is 0 Å². The summed E-state index contributed by atoms with van der Waals surface area (Å²) in [5.41, 5.74) is 0. The van der Waals surface area contributed by atoms with Crippen LogP contribution in [0.25, 0.3) is 0 Å². The zero-order valence-corrected chi connectivity index (χ0v) is 10.2. The topological polar surface area (TPSA) is 57.2 Å². The first-order valence-corrected chi connectivity index (χ1v) is 5.89. The van der Waals surface area contributed by atoms with Crippen LogP contribution >= 0.6 is 0 Å². The molecule has 1 aliphatic heterocycles. The maximum absolute atomic E-state index is 9.70. The summed E-state index contributed by atoms with van der Waals surface area (Å²) in [6, 6.07) is 0. The summed E-state index contributed by atoms with van der Waals surface area (Å²) < 4.78 is 21.8. The molecule has 96 valence electrons. The average molecular weight is 234 g/mol. The van der Waals surface area contributed by atoms with Crippen LogP contribution in [-0.2, 0) is 18.9 Å². The quantitative estimate of drug-likeness (QED) is 0.727. The van der Waals surface area contributed by atoms with Crippen LogP contribution in [0.2, 0.25) is 0 Å². The Morgan fingerprint density at radius 3 is 2.12 bits per heavy atom. The Labute approximate surface area is 96.6 Å². The summed E-state index contributed by atoms with van der Waals surface area (Å²) in [5.74, 6) is 0. The van der Waals surface area contributed by atoms with Gasteiger partial charge in [0.05, 0.1) is 6.61 Å². The molecule has 0 aromatic heterocycles. The highest BCUT2D eigenvalue weighted by atomic mass is 16.7. The van der Waals surface area contributed by atoms with E-state index < -0.39 is 12.4 Å². The number of hydrogen-bond donors (Lipinski definition) is 1. The lowest BCUT2D eigenvalue weighted by atomic mass is 10.0. The molecule has 1 saturated heterocycles. The van der Waals surface area contributed by atoms with Crippen LogP contribution in [0.4, 0.5) is 0 Å². The van der Waals surface area contributed by atoms with Crippen LogP contribution in [0, 0.1) is 0 Å². The van der Waals surface area contributed by atoms with Gasteiger partial charge in [-0.3, -0.25) is 0 Å². The first-order chi connectivity index (χ1) is 7.74. The van der Waals surface area contributed by atoms with Crippen LogP contribution in [0.15, 0.2) is 0 Å². The van der Waals surface area contributed by atoms with Gasteiger partial charge in [-0.2, -0.15) is 0 Å². The smallest absolute Gasteiger partial charge is 0.183 e. The molecule has 0 aliphatic carbocycles. The molecule has 0 saturated carbocycles. The largest absolute Gasteiger partial charge is 0.373 e. The monoisotopic (exact) mass is 234 g/mol. The summed E-state index contributed by atoms with van der Waals surface area (Å²) in [6.07, 6.45) is -1.86. The molecule has 5 nitrogen and oxygen atoms in total. The van der Waals surface area contributed by atoms with Gasteiger partial charge in [-0.15, -0.1) is 0 Å². The van der Waals surface area contributed by atoms with Gasteiger partial charge >= 0.3 is 0 Å². The fraction of sp³-hybridized carbons (Fsp3) is 1.00. The fourth-order valence-electron chi connectivity index (χ4n) is 1.88. The first-order valence-electron chi connectivity index (χ1n) is 5.89. The van der Waals surface area contributed by atoms with Gasteiger partial charge in [0.25, 0.3) is 0 Å². The second-order valence-corrected chi connectivity index (χ2v) is 3.56. The number of aliphatic hydroxyl groups is 1. The van der Waals surface area contributed by atoms with Crippen molar-refractivity contribution in [3.05, 3.63) is 0 Å². The van der Waals surface area contributed by atoms with Gasteiger partial charge in [-0.1, -0.05) is 0 Å². The van der Waals surface area contributed by atoms with Crippen LogP contribution in [-0.4, -0.2) is 56.1 Å². The number of rotatable bonds is 6. The Morgan fingerprint density at radius 1 is 1.00 bits per heavy atom. The molecule has 0 unspecified atom stereocenters. The van der Waals surface area contributed by atoms with E-state index in [9.17, 15) is 5.11 Å². The molecule has 0 aromatic rings. The number of ether oxygens (including phenoxy) is 4. The SMILES string of the molecule is CCO[C@H]1[C@H](OCC)[C@H](OCC)CO[C@@H]1O. The predicted molar refractivity (Wildman–Crippen MR) is 58.2 cm³/mol. The maximum Gasteiger partial charge on any atom is 0.183 e. The Morgan fingerprint density at radius 2 is 1.56 bits per heavy atom. The Bertz CT molecular complexity index is 187. The molecular weight excluding hydrogens is 212 g/mol. The molecule has 0 aromatic carbocycles. The van der Waals surface area contributed by atoms with Crippen molar-refractivity contribution < 1.29 is 24.1 Å². The lowest BCUT2D eigenvalue weighted by Gasteiger charge is -2.39. The summed E-state index contributed by atoms with van der Waals surface area (Å²) >= 11 is 0. The lowest BCUT2D eigenvalue weighted by molar-refractivity contribution is -0.278. The van der Waals surface area contributed by atoms with E-state index in [1.165, 1.54) is 0 Å². The summed E-state index contributed by atoms with van der Waals surface area (Å²) in [5, 5.41) is 9.70. The van der Waals surface area contributed by atoms with E-state index in [2.05, 4.69) is 0 Å². The van der Waals surface area contributed by atoms with Crippen molar-refractivity contribution in [3.8, 4) is 0 Å². The van der Waals surface area contributed by atoms with E-state index in [4.69, 9.17) is 18.9 Å². The summed E-state index contributed by atoms with van der Waals surface area (Å²) in [7, 11) is 0. The third-order valence-electron chi connectivity index (χ3n) is 2.50. The highest BCUT2D eigenvalue weighted by molar-refractivity contribution is 4.86. The normalized spacial score (nSPS) is 35.2. The maximum atomic E-state index is 9.70. The summed E-state index contributed by atoms with van der Waals surface area (Å²) in [6.45, 7) is 7.70. The van der Waals surface area contributed by atoms with Gasteiger partial charge in [0.2, 0.25) is 0 Å². The van der Waals surface area contributed by atoms with Crippen molar-refractivity contribution >= 4 is 0 Å². The van der Waals surface area contributed by atoms with Crippen molar-refractivity contribution in [2.24, 2.45) is 0 Å². The van der Waals surface area contributed by atoms with Gasteiger partial charge in [-0.05, 0) is 20.8 Å². The Kier molecular flexibility index (Phi) is 6.23. The molecular formula is C11H22O5. The van der Waals surface area contributed by atoms with Crippen molar-refractivity contribution in [2.45, 2.75) is 45.4 Å². The van der Waals surface area contributed by atoms with Crippen LogP contribution in [0.3, 0.4) is 0 Å². The van der Waals surface area contributed by atoms with Crippen molar-refractivity contribution in [1.29, 1.82) is 0 Å². The van der Waals surface area contributed by atoms with Gasteiger partial charge in [0.1, 0.15) is 18.3 Å². The minimum Gasteiger partial charge on any atom is -0.373 e. The molecule has 0 radical (unpaired) electrons. The Hall–Kier alpha value is -0.200. The fourth-order valence-corrected chi connectivity index (χ4v) is 1.88. The van der Waals surface area contributed by atoms with Crippen molar-refractivity contribution in [2.75, 3.05) is 26.4 Å². The van der Waals surface area contributed by atoms with E-state index in [0.29, 0.717) is 26.4 Å². The predicted octanol–water partition coefficient (Wildman–Crippen LogP) is 0.550. The highest BCUT2D eigenvalue weighted by Crippen LogP contribution is 2.22. The molecule has 0 amide bonds. The Balaban J connectivity index is 2.65. The zero-order chi connectivity index (χ0) is 12.0. The van der Waals surface area contributed by atoms with Gasteiger partial charge in [0, 0.05) is 19.8 Å². The number of hydrogen-bond acceptors (Lipinski definition) is 5. The van der Waals surface area contributed by atoms with E-state index >= 15 is 0 Å². The molecule has 1 N–H and O–H groups in total. The molecule has 4 atom stereocenters. The van der Waals surface area contributed by atoms with E-state index in [1.54, 1.807) is 0 Å². The minimum atomic E-state index is -0.937. The van der Waals surface area contributed by atoms with Crippen LogP contribution in [0.1, 0.15) is 20.8 Å². The molecule has 0 spiro atoms. The third-order valence-corrected chi connectivity index (χ3v) is 2.50. The second-order valence-electron chi connectivity index (χ2n) is 3.56. The second kappa shape index (κ2) is 7.19. The van der Waals surface area contributed by atoms with Gasteiger partial charge < -0.3 is 24.1 Å². The van der Waals surface area contributed by atoms with Gasteiger partial charge in [-0.25, -0.2) is 0 Å². The average Bonchev–Trinajstić information content (AvgIpc) is 2.27. The minimum absolute atomic E-state index is 0.176. The molecule has 0 bridgehead atoms. The highest BCUT2D eigenvalue weighted by Gasteiger charge is 2.41. The molecule has 1 aliphatic rings. The molecule has 1 fully saturated rings. The standard InChI is InChI=1S/C11H22O5/c1-4-13-8-7-16-11(12)10(15-6-3)9(8)14-5-2/h8-12H,4-7H2,1-3H3/t8-,9-,10+,11+/m1/s1. The van der Waals surface area contributed by atoms with Gasteiger partial charge in [0.15, 0.2) is 6.29 Å². The number of aliphatic hydroxyl groups excluding tert-OH is 1. The lowest BCUT2D eigenvalue weighted by Crippen LogP contribution is -2.56. The molecule has 5 heteroatoms.